The molecule has 0 unspecified atom stereocenters. The van der Waals surface area contributed by atoms with Gasteiger partial charge in [-0.1, -0.05) is 71.7 Å². The molecule has 0 aliphatic rings. The van der Waals surface area contributed by atoms with Gasteiger partial charge >= 0.3 is 0 Å². The number of benzene rings is 3. The largest absolute Gasteiger partial charge is 0.488 e. The van der Waals surface area contributed by atoms with E-state index in [9.17, 15) is 0 Å². The highest BCUT2D eigenvalue weighted by Crippen LogP contribution is 2.24. The van der Waals surface area contributed by atoms with Crippen molar-refractivity contribution in [3.05, 3.63) is 98.7 Å². The van der Waals surface area contributed by atoms with Crippen LogP contribution in [0, 0.1) is 4.77 Å². The molecule has 1 aromatic heterocycles. The van der Waals surface area contributed by atoms with Gasteiger partial charge in [-0.25, -0.2) is 5.10 Å². The second kappa shape index (κ2) is 9.26. The van der Waals surface area contributed by atoms with Gasteiger partial charge in [-0.3, -0.25) is 0 Å². The Hall–Kier alpha value is -2.93. The van der Waals surface area contributed by atoms with E-state index >= 15 is 0 Å². The van der Waals surface area contributed by atoms with E-state index in [0.717, 1.165) is 16.7 Å². The van der Waals surface area contributed by atoms with Crippen molar-refractivity contribution in [3.63, 3.8) is 0 Å². The number of ether oxygens (including phenoxy) is 1. The van der Waals surface area contributed by atoms with E-state index in [1.807, 2.05) is 60.7 Å². The summed E-state index contributed by atoms with van der Waals surface area (Å²) in [4.78, 5) is 0. The number of aromatic amines is 1. The molecule has 0 bridgehead atoms. The van der Waals surface area contributed by atoms with Crippen LogP contribution in [-0.2, 0) is 6.61 Å². The van der Waals surface area contributed by atoms with Gasteiger partial charge < -0.3 is 4.74 Å². The predicted molar refractivity (Wildman–Crippen MR) is 123 cm³/mol. The maximum atomic E-state index is 6.24. The van der Waals surface area contributed by atoms with Gasteiger partial charge in [0, 0.05) is 26.7 Å². The summed E-state index contributed by atoms with van der Waals surface area (Å²) in [5.74, 6) is 1.30. The van der Waals surface area contributed by atoms with Gasteiger partial charge in [0.25, 0.3) is 0 Å². The van der Waals surface area contributed by atoms with E-state index in [2.05, 4.69) is 15.3 Å². The highest BCUT2D eigenvalue weighted by Gasteiger charge is 2.09. The summed E-state index contributed by atoms with van der Waals surface area (Å²) in [7, 11) is 0. The van der Waals surface area contributed by atoms with Gasteiger partial charge in [-0.15, -0.1) is 0 Å². The van der Waals surface area contributed by atoms with Gasteiger partial charge in [0.15, 0.2) is 5.82 Å². The third-order valence-corrected chi connectivity index (χ3v) is 5.16. The van der Waals surface area contributed by atoms with E-state index in [1.54, 1.807) is 23.0 Å². The first kappa shape index (κ1) is 20.3. The van der Waals surface area contributed by atoms with E-state index in [0.29, 0.717) is 33.0 Å². The molecular formula is C22H16Cl2N4OS. The molecule has 0 saturated carbocycles. The Kier molecular flexibility index (Phi) is 6.28. The Balaban J connectivity index is 1.59. The topological polar surface area (TPSA) is 55.2 Å². The van der Waals surface area contributed by atoms with Gasteiger partial charge in [0.1, 0.15) is 12.4 Å². The summed E-state index contributed by atoms with van der Waals surface area (Å²) >= 11 is 17.5. The molecule has 30 heavy (non-hydrogen) atoms. The van der Waals surface area contributed by atoms with Crippen molar-refractivity contribution >= 4 is 41.6 Å². The number of rotatable bonds is 6. The van der Waals surface area contributed by atoms with Gasteiger partial charge in [0.05, 0.1) is 6.21 Å². The van der Waals surface area contributed by atoms with Crippen LogP contribution in [0.4, 0.5) is 0 Å². The fraction of sp³-hybridized carbons (Fsp3) is 0.0455. The lowest BCUT2D eigenvalue weighted by Crippen LogP contribution is -2.00. The molecule has 0 aliphatic carbocycles. The Labute approximate surface area is 188 Å². The molecule has 150 valence electrons. The minimum absolute atomic E-state index is 0.307. The second-order valence-electron chi connectivity index (χ2n) is 6.34. The molecular weight excluding hydrogens is 439 g/mol. The molecule has 4 rings (SSSR count). The van der Waals surface area contributed by atoms with E-state index in [4.69, 9.17) is 40.2 Å². The van der Waals surface area contributed by atoms with Crippen molar-refractivity contribution in [3.8, 4) is 17.1 Å². The summed E-state index contributed by atoms with van der Waals surface area (Å²) in [6, 6.07) is 22.6. The lowest BCUT2D eigenvalue weighted by Gasteiger charge is -2.10. The Morgan fingerprint density at radius 2 is 1.80 bits per heavy atom. The molecule has 0 aliphatic heterocycles. The Morgan fingerprint density at radius 1 is 1.03 bits per heavy atom. The molecule has 1 heterocycles. The number of para-hydroxylation sites is 1. The Bertz CT molecular complexity index is 1250. The zero-order valence-electron chi connectivity index (χ0n) is 15.6. The maximum absolute atomic E-state index is 6.24. The molecule has 0 saturated heterocycles. The molecule has 4 aromatic rings. The van der Waals surface area contributed by atoms with Crippen molar-refractivity contribution < 1.29 is 4.74 Å². The van der Waals surface area contributed by atoms with Crippen molar-refractivity contribution in [1.82, 2.24) is 14.9 Å². The van der Waals surface area contributed by atoms with Crippen molar-refractivity contribution in [2.45, 2.75) is 6.61 Å². The summed E-state index contributed by atoms with van der Waals surface area (Å²) in [6.45, 7) is 0.307. The van der Waals surface area contributed by atoms with Crippen molar-refractivity contribution in [2.24, 2.45) is 5.10 Å². The normalized spacial score (nSPS) is 11.1. The molecule has 5 nitrogen and oxygen atoms in total. The van der Waals surface area contributed by atoms with Crippen LogP contribution >= 0.6 is 35.4 Å². The average molecular weight is 455 g/mol. The van der Waals surface area contributed by atoms with Crippen LogP contribution in [-0.4, -0.2) is 21.1 Å². The molecule has 0 radical (unpaired) electrons. The second-order valence-corrected chi connectivity index (χ2v) is 7.57. The van der Waals surface area contributed by atoms with Crippen LogP contribution in [0.25, 0.3) is 11.4 Å². The molecule has 3 aromatic carbocycles. The fourth-order valence-corrected chi connectivity index (χ4v) is 3.45. The zero-order valence-corrected chi connectivity index (χ0v) is 18.0. The molecule has 1 N–H and O–H groups in total. The molecule has 0 amide bonds. The first-order valence-corrected chi connectivity index (χ1v) is 10.2. The predicted octanol–water partition coefficient (Wildman–Crippen LogP) is 6.38. The fourth-order valence-electron chi connectivity index (χ4n) is 2.81. The third kappa shape index (κ3) is 4.62. The average Bonchev–Trinajstić information content (AvgIpc) is 3.13. The number of hydrogen-bond donors (Lipinski definition) is 1. The maximum Gasteiger partial charge on any atom is 0.216 e. The number of aromatic nitrogens is 3. The monoisotopic (exact) mass is 454 g/mol. The number of nitrogens with zero attached hydrogens (tertiary/aromatic N) is 3. The third-order valence-electron chi connectivity index (χ3n) is 4.31. The summed E-state index contributed by atoms with van der Waals surface area (Å²) in [6.07, 6.45) is 1.69. The van der Waals surface area contributed by atoms with Crippen LogP contribution in [0.5, 0.6) is 5.75 Å². The van der Waals surface area contributed by atoms with Crippen LogP contribution in [0.3, 0.4) is 0 Å². The number of nitrogens with one attached hydrogen (secondary N) is 1. The van der Waals surface area contributed by atoms with Crippen LogP contribution < -0.4 is 4.74 Å². The van der Waals surface area contributed by atoms with E-state index in [1.165, 1.54) is 0 Å². The highest BCUT2D eigenvalue weighted by atomic mass is 35.5. The van der Waals surface area contributed by atoms with Crippen molar-refractivity contribution in [2.75, 3.05) is 0 Å². The number of halogens is 2. The summed E-state index contributed by atoms with van der Waals surface area (Å²) in [5.41, 5.74) is 2.55. The summed E-state index contributed by atoms with van der Waals surface area (Å²) in [5, 5.41) is 12.8. The summed E-state index contributed by atoms with van der Waals surface area (Å²) < 4.78 is 7.96. The van der Waals surface area contributed by atoms with Gasteiger partial charge in [-0.2, -0.15) is 14.9 Å². The van der Waals surface area contributed by atoms with E-state index in [-0.39, 0.29) is 0 Å². The quantitative estimate of drug-likeness (QED) is 0.271. The first-order chi connectivity index (χ1) is 14.6. The molecule has 0 spiro atoms. The van der Waals surface area contributed by atoms with Gasteiger partial charge in [-0.05, 0) is 36.5 Å². The molecule has 0 atom stereocenters. The minimum atomic E-state index is 0.307. The minimum Gasteiger partial charge on any atom is -0.488 e. The lowest BCUT2D eigenvalue weighted by atomic mass is 10.2. The molecule has 0 fully saturated rings. The standard InChI is InChI=1S/C22H16Cl2N4OS/c23-18-11-10-17(19(24)12-18)14-29-20-9-5-4-8-16(20)13-25-28-21(26-27-22(28)30)15-6-2-1-3-7-15/h1-13H,14H2,(H,27,30)/b25-13+. The zero-order chi connectivity index (χ0) is 20.9. The van der Waals surface area contributed by atoms with Crippen LogP contribution in [0.1, 0.15) is 11.1 Å². The highest BCUT2D eigenvalue weighted by molar-refractivity contribution is 7.71. The number of H-pyrrole nitrogens is 1. The smallest absolute Gasteiger partial charge is 0.216 e. The van der Waals surface area contributed by atoms with Crippen LogP contribution in [0.15, 0.2) is 77.9 Å². The van der Waals surface area contributed by atoms with E-state index < -0.39 is 0 Å². The first-order valence-electron chi connectivity index (χ1n) is 9.05. The SMILES string of the molecule is S=c1[nH]nc(-c2ccccc2)n1/N=C/c1ccccc1OCc1ccc(Cl)cc1Cl. The van der Waals surface area contributed by atoms with Gasteiger partial charge in [0.2, 0.25) is 4.77 Å². The number of hydrogen-bond acceptors (Lipinski definition) is 4. The Morgan fingerprint density at radius 3 is 2.60 bits per heavy atom. The van der Waals surface area contributed by atoms with Crippen molar-refractivity contribution in [1.29, 1.82) is 0 Å². The van der Waals surface area contributed by atoms with Crippen LogP contribution in [0.2, 0.25) is 10.0 Å². The molecule has 8 heteroatoms. The lowest BCUT2D eigenvalue weighted by molar-refractivity contribution is 0.306.